The number of halogens is 2. The molecule has 0 heterocycles. The zero-order chi connectivity index (χ0) is 20.1. The number of carbonyl (C=O) groups is 1. The highest BCUT2D eigenvalue weighted by molar-refractivity contribution is 7.92. The van der Waals surface area contributed by atoms with Crippen LogP contribution in [0.2, 0.25) is 5.02 Å². The van der Waals surface area contributed by atoms with Gasteiger partial charge in [0.25, 0.3) is 10.0 Å². The highest BCUT2D eigenvalue weighted by atomic mass is 35.5. The summed E-state index contributed by atoms with van der Waals surface area (Å²) in [6, 6.07) is 17.7. The van der Waals surface area contributed by atoms with Crippen LogP contribution in [0, 0.1) is 5.82 Å². The van der Waals surface area contributed by atoms with Crippen LogP contribution in [-0.4, -0.2) is 14.3 Å². The van der Waals surface area contributed by atoms with Crippen molar-refractivity contribution in [2.45, 2.75) is 11.3 Å². The van der Waals surface area contributed by atoms with Crippen LogP contribution in [0.15, 0.2) is 77.7 Å². The van der Waals surface area contributed by atoms with Gasteiger partial charge >= 0.3 is 0 Å². The van der Waals surface area contributed by atoms with E-state index in [-0.39, 0.29) is 23.0 Å². The molecule has 0 aliphatic rings. The van der Waals surface area contributed by atoms with Gasteiger partial charge in [0.1, 0.15) is 5.82 Å². The highest BCUT2D eigenvalue weighted by Gasteiger charge is 2.15. The number of rotatable bonds is 6. The van der Waals surface area contributed by atoms with E-state index in [0.717, 1.165) is 0 Å². The molecule has 0 aliphatic carbocycles. The second-order valence-electron chi connectivity index (χ2n) is 5.99. The monoisotopic (exact) mass is 418 g/mol. The summed E-state index contributed by atoms with van der Waals surface area (Å²) in [5, 5.41) is 3.14. The molecular weight excluding hydrogens is 403 g/mol. The first-order chi connectivity index (χ1) is 13.3. The molecule has 0 radical (unpaired) electrons. The van der Waals surface area contributed by atoms with E-state index < -0.39 is 10.0 Å². The van der Waals surface area contributed by atoms with Crippen molar-refractivity contribution in [3.63, 3.8) is 0 Å². The van der Waals surface area contributed by atoms with Crippen LogP contribution in [0.1, 0.15) is 5.56 Å². The van der Waals surface area contributed by atoms with Gasteiger partial charge in [0.05, 0.1) is 11.3 Å². The smallest absolute Gasteiger partial charge is 0.261 e. The normalized spacial score (nSPS) is 11.1. The molecule has 0 spiro atoms. The molecule has 3 aromatic rings. The van der Waals surface area contributed by atoms with E-state index in [1.54, 1.807) is 30.3 Å². The first-order valence-electron chi connectivity index (χ1n) is 8.24. The third kappa shape index (κ3) is 5.31. The predicted octanol–water partition coefficient (Wildman–Crippen LogP) is 4.46. The van der Waals surface area contributed by atoms with Gasteiger partial charge in [-0.25, -0.2) is 12.8 Å². The molecule has 28 heavy (non-hydrogen) atoms. The average Bonchev–Trinajstić information content (AvgIpc) is 2.65. The van der Waals surface area contributed by atoms with Crippen LogP contribution in [0.4, 0.5) is 15.8 Å². The number of hydrogen-bond donors (Lipinski definition) is 2. The summed E-state index contributed by atoms with van der Waals surface area (Å²) in [5.41, 5.74) is 1.35. The molecule has 0 bridgehead atoms. The molecule has 3 rings (SSSR count). The maximum atomic E-state index is 12.9. The van der Waals surface area contributed by atoms with E-state index in [0.29, 0.717) is 22.0 Å². The molecule has 0 fully saturated rings. The summed E-state index contributed by atoms with van der Waals surface area (Å²) in [4.78, 5) is 12.2. The molecule has 0 atom stereocenters. The maximum Gasteiger partial charge on any atom is 0.261 e. The molecule has 0 aromatic heterocycles. The summed E-state index contributed by atoms with van der Waals surface area (Å²) >= 11 is 5.80. The van der Waals surface area contributed by atoms with Crippen LogP contribution < -0.4 is 10.0 Å². The highest BCUT2D eigenvalue weighted by Crippen LogP contribution is 2.21. The zero-order valence-electron chi connectivity index (χ0n) is 14.5. The van der Waals surface area contributed by atoms with Crippen molar-refractivity contribution in [1.82, 2.24) is 0 Å². The predicted molar refractivity (Wildman–Crippen MR) is 107 cm³/mol. The summed E-state index contributed by atoms with van der Waals surface area (Å²) in [6.45, 7) is 0. The Balaban J connectivity index is 1.71. The molecule has 8 heteroatoms. The summed E-state index contributed by atoms with van der Waals surface area (Å²) in [6.07, 6.45) is 0.0419. The third-order valence-electron chi connectivity index (χ3n) is 3.80. The molecule has 144 valence electrons. The number of amides is 1. The lowest BCUT2D eigenvalue weighted by Gasteiger charge is -2.10. The number of anilines is 2. The largest absolute Gasteiger partial charge is 0.326 e. The van der Waals surface area contributed by atoms with Crippen LogP contribution in [0.5, 0.6) is 0 Å². The fraction of sp³-hybridized carbons (Fsp3) is 0.0500. The van der Waals surface area contributed by atoms with Crippen LogP contribution in [-0.2, 0) is 21.2 Å². The zero-order valence-corrected chi connectivity index (χ0v) is 16.1. The Morgan fingerprint density at radius 3 is 2.29 bits per heavy atom. The lowest BCUT2D eigenvalue weighted by molar-refractivity contribution is -0.115. The fourth-order valence-electron chi connectivity index (χ4n) is 2.47. The molecule has 0 saturated heterocycles. The molecule has 0 aliphatic heterocycles. The summed E-state index contributed by atoms with van der Waals surface area (Å²) < 4.78 is 40.5. The Bertz CT molecular complexity index is 1090. The minimum Gasteiger partial charge on any atom is -0.326 e. The molecule has 0 unspecified atom stereocenters. The Kier molecular flexibility index (Phi) is 5.96. The fourth-order valence-corrected chi connectivity index (χ4v) is 3.70. The molecule has 2 N–H and O–H groups in total. The van der Waals surface area contributed by atoms with Crippen LogP contribution in [0.25, 0.3) is 0 Å². The Labute approximate surface area is 167 Å². The average molecular weight is 419 g/mol. The number of carbonyl (C=O) groups excluding carboxylic acids is 1. The van der Waals surface area contributed by atoms with E-state index >= 15 is 0 Å². The number of nitrogens with one attached hydrogen (secondary N) is 2. The maximum absolute atomic E-state index is 12.9. The second kappa shape index (κ2) is 8.41. The van der Waals surface area contributed by atoms with Gasteiger partial charge in [-0.3, -0.25) is 9.52 Å². The lowest BCUT2D eigenvalue weighted by Crippen LogP contribution is -2.16. The van der Waals surface area contributed by atoms with Gasteiger partial charge in [-0.15, -0.1) is 0 Å². The van der Waals surface area contributed by atoms with E-state index in [1.165, 1.54) is 42.5 Å². The topological polar surface area (TPSA) is 75.3 Å². The van der Waals surface area contributed by atoms with Crippen molar-refractivity contribution in [2.24, 2.45) is 0 Å². The van der Waals surface area contributed by atoms with Gasteiger partial charge in [0.2, 0.25) is 5.91 Å². The third-order valence-corrected chi connectivity index (χ3v) is 5.43. The van der Waals surface area contributed by atoms with Gasteiger partial charge in [-0.05, 0) is 60.2 Å². The van der Waals surface area contributed by atoms with E-state index in [2.05, 4.69) is 10.0 Å². The summed E-state index contributed by atoms with van der Waals surface area (Å²) in [7, 11) is -3.83. The van der Waals surface area contributed by atoms with E-state index in [9.17, 15) is 17.6 Å². The van der Waals surface area contributed by atoms with Gasteiger partial charge in [-0.1, -0.05) is 29.8 Å². The van der Waals surface area contributed by atoms with Crippen LogP contribution in [0.3, 0.4) is 0 Å². The summed E-state index contributed by atoms with van der Waals surface area (Å²) in [5.74, 6) is -0.720. The Morgan fingerprint density at radius 1 is 0.929 bits per heavy atom. The van der Waals surface area contributed by atoms with Crippen molar-refractivity contribution in [3.8, 4) is 0 Å². The minimum atomic E-state index is -3.83. The van der Waals surface area contributed by atoms with Crippen molar-refractivity contribution in [3.05, 3.63) is 89.2 Å². The molecule has 5 nitrogen and oxygen atoms in total. The Hall–Kier alpha value is -2.90. The number of sulfonamides is 1. The standard InChI is InChI=1S/C20H16ClFN2O3S/c21-15-6-10-17(11-7-15)24-28(26,27)19-3-1-2-18(13-19)23-20(25)12-14-4-8-16(22)9-5-14/h1-11,13,24H,12H2,(H,23,25). The van der Waals surface area contributed by atoms with E-state index in [4.69, 9.17) is 11.6 Å². The molecule has 3 aromatic carbocycles. The Morgan fingerprint density at radius 2 is 1.61 bits per heavy atom. The first kappa shape index (κ1) is 19.9. The number of hydrogen-bond acceptors (Lipinski definition) is 3. The second-order valence-corrected chi connectivity index (χ2v) is 8.11. The van der Waals surface area contributed by atoms with Crippen molar-refractivity contribution in [1.29, 1.82) is 0 Å². The molecule has 0 saturated carbocycles. The van der Waals surface area contributed by atoms with Gasteiger partial charge < -0.3 is 5.32 Å². The SMILES string of the molecule is O=C(Cc1ccc(F)cc1)Nc1cccc(S(=O)(=O)Nc2ccc(Cl)cc2)c1. The van der Waals surface area contributed by atoms with Crippen molar-refractivity contribution < 1.29 is 17.6 Å². The first-order valence-corrected chi connectivity index (χ1v) is 10.1. The number of benzene rings is 3. The quantitative estimate of drug-likeness (QED) is 0.620. The molecule has 1 amide bonds. The van der Waals surface area contributed by atoms with Gasteiger partial charge in [0.15, 0.2) is 0 Å². The van der Waals surface area contributed by atoms with Gasteiger partial charge in [-0.2, -0.15) is 0 Å². The lowest BCUT2D eigenvalue weighted by atomic mass is 10.1. The minimum absolute atomic E-state index is 0.00188. The van der Waals surface area contributed by atoms with Crippen LogP contribution >= 0.6 is 11.6 Å². The van der Waals surface area contributed by atoms with Gasteiger partial charge in [0, 0.05) is 16.4 Å². The van der Waals surface area contributed by atoms with Crippen molar-refractivity contribution >= 4 is 38.9 Å². The molecular formula is C20H16ClFN2O3S. The van der Waals surface area contributed by atoms with Crippen molar-refractivity contribution in [2.75, 3.05) is 10.0 Å². The van der Waals surface area contributed by atoms with E-state index in [1.807, 2.05) is 0 Å².